The van der Waals surface area contributed by atoms with E-state index >= 15 is 0 Å². The highest BCUT2D eigenvalue weighted by atomic mass is 79.9. The fourth-order valence-electron chi connectivity index (χ4n) is 1.86. The first-order chi connectivity index (χ1) is 8.21. The van der Waals surface area contributed by atoms with E-state index in [1.54, 1.807) is 0 Å². The standard InChI is InChI=1S/C14H19BrN2/c1-3-13(9-10-16)17-14(4-2)11-5-7-12(15)8-6-11/h5-8,13-14,17H,3-4,9H2,1-2H3. The van der Waals surface area contributed by atoms with E-state index in [4.69, 9.17) is 5.26 Å². The third-order valence-corrected chi connectivity index (χ3v) is 3.48. The van der Waals surface area contributed by atoms with Gasteiger partial charge in [0.2, 0.25) is 0 Å². The van der Waals surface area contributed by atoms with E-state index in [9.17, 15) is 0 Å². The second-order valence-corrected chi connectivity index (χ2v) is 5.06. The van der Waals surface area contributed by atoms with E-state index < -0.39 is 0 Å². The van der Waals surface area contributed by atoms with Crippen molar-refractivity contribution in [3.63, 3.8) is 0 Å². The zero-order valence-corrected chi connectivity index (χ0v) is 12.0. The van der Waals surface area contributed by atoms with Crippen LogP contribution >= 0.6 is 15.9 Å². The van der Waals surface area contributed by atoms with Crippen LogP contribution in [0.15, 0.2) is 28.7 Å². The van der Waals surface area contributed by atoms with Crippen LogP contribution in [0.25, 0.3) is 0 Å². The van der Waals surface area contributed by atoms with E-state index in [0.29, 0.717) is 12.5 Å². The van der Waals surface area contributed by atoms with Crippen molar-refractivity contribution >= 4 is 15.9 Å². The summed E-state index contributed by atoms with van der Waals surface area (Å²) in [5.41, 5.74) is 1.28. The molecular weight excluding hydrogens is 276 g/mol. The summed E-state index contributed by atoms with van der Waals surface area (Å²) in [6, 6.07) is 11.2. The Hall–Kier alpha value is -0.850. The van der Waals surface area contributed by atoms with Crippen molar-refractivity contribution in [3.8, 4) is 6.07 Å². The highest BCUT2D eigenvalue weighted by molar-refractivity contribution is 9.10. The summed E-state index contributed by atoms with van der Waals surface area (Å²) in [5.74, 6) is 0. The van der Waals surface area contributed by atoms with Gasteiger partial charge in [0.25, 0.3) is 0 Å². The van der Waals surface area contributed by atoms with E-state index in [0.717, 1.165) is 17.3 Å². The van der Waals surface area contributed by atoms with Gasteiger partial charge in [-0.1, -0.05) is 41.9 Å². The lowest BCUT2D eigenvalue weighted by atomic mass is 10.0. The lowest BCUT2D eigenvalue weighted by Crippen LogP contribution is -2.31. The van der Waals surface area contributed by atoms with Gasteiger partial charge in [-0.15, -0.1) is 0 Å². The minimum absolute atomic E-state index is 0.286. The van der Waals surface area contributed by atoms with E-state index in [1.165, 1.54) is 5.56 Å². The largest absolute Gasteiger partial charge is 0.306 e. The summed E-state index contributed by atoms with van der Waals surface area (Å²) in [6.07, 6.45) is 2.59. The Bertz CT molecular complexity index is 367. The number of hydrogen-bond acceptors (Lipinski definition) is 2. The second-order valence-electron chi connectivity index (χ2n) is 4.15. The maximum atomic E-state index is 8.76. The minimum Gasteiger partial charge on any atom is -0.306 e. The Kier molecular flexibility index (Phi) is 6.25. The molecule has 0 aromatic heterocycles. The summed E-state index contributed by atoms with van der Waals surface area (Å²) >= 11 is 3.44. The third-order valence-electron chi connectivity index (χ3n) is 2.95. The van der Waals surface area contributed by atoms with Crippen molar-refractivity contribution in [1.29, 1.82) is 5.26 Å². The molecule has 0 saturated heterocycles. The van der Waals surface area contributed by atoms with Gasteiger partial charge in [-0.25, -0.2) is 0 Å². The van der Waals surface area contributed by atoms with Crippen molar-refractivity contribution in [1.82, 2.24) is 5.32 Å². The molecule has 92 valence electrons. The van der Waals surface area contributed by atoms with Gasteiger partial charge in [-0.3, -0.25) is 0 Å². The number of nitrogens with zero attached hydrogens (tertiary/aromatic N) is 1. The molecule has 2 nitrogen and oxygen atoms in total. The molecule has 0 saturated carbocycles. The minimum atomic E-state index is 0.286. The average molecular weight is 295 g/mol. The predicted molar refractivity (Wildman–Crippen MR) is 74.6 cm³/mol. The van der Waals surface area contributed by atoms with Crippen LogP contribution in [0.4, 0.5) is 0 Å². The Morgan fingerprint density at radius 3 is 2.35 bits per heavy atom. The molecule has 1 aromatic rings. The number of hydrogen-bond donors (Lipinski definition) is 1. The quantitative estimate of drug-likeness (QED) is 0.854. The Morgan fingerprint density at radius 1 is 1.24 bits per heavy atom. The smallest absolute Gasteiger partial charge is 0.0638 e. The monoisotopic (exact) mass is 294 g/mol. The number of halogens is 1. The van der Waals surface area contributed by atoms with Crippen molar-refractivity contribution in [2.45, 2.75) is 45.2 Å². The summed E-state index contributed by atoms with van der Waals surface area (Å²) < 4.78 is 1.10. The molecule has 1 aromatic carbocycles. The molecule has 0 spiro atoms. The van der Waals surface area contributed by atoms with Crippen LogP contribution in [0.5, 0.6) is 0 Å². The van der Waals surface area contributed by atoms with Crippen LogP contribution in [0.2, 0.25) is 0 Å². The first-order valence-electron chi connectivity index (χ1n) is 6.09. The summed E-state index contributed by atoms with van der Waals surface area (Å²) in [7, 11) is 0. The van der Waals surface area contributed by atoms with Crippen LogP contribution in [-0.4, -0.2) is 6.04 Å². The molecule has 0 aliphatic rings. The van der Waals surface area contributed by atoms with Gasteiger partial charge in [0.15, 0.2) is 0 Å². The molecule has 2 unspecified atom stereocenters. The fraction of sp³-hybridized carbons (Fsp3) is 0.500. The molecule has 0 aliphatic carbocycles. The van der Waals surface area contributed by atoms with Gasteiger partial charge in [0.1, 0.15) is 0 Å². The number of rotatable bonds is 6. The Labute approximate surface area is 112 Å². The molecule has 0 amide bonds. The molecule has 0 radical (unpaired) electrons. The van der Waals surface area contributed by atoms with Gasteiger partial charge in [-0.2, -0.15) is 5.26 Å². The first-order valence-corrected chi connectivity index (χ1v) is 6.89. The van der Waals surface area contributed by atoms with Crippen LogP contribution in [0, 0.1) is 11.3 Å². The van der Waals surface area contributed by atoms with Crippen LogP contribution in [0.3, 0.4) is 0 Å². The predicted octanol–water partition coefficient (Wildman–Crippen LogP) is 4.18. The Balaban J connectivity index is 2.71. The zero-order valence-electron chi connectivity index (χ0n) is 10.4. The van der Waals surface area contributed by atoms with Crippen molar-refractivity contribution in [3.05, 3.63) is 34.3 Å². The van der Waals surface area contributed by atoms with Gasteiger partial charge in [-0.05, 0) is 30.5 Å². The summed E-state index contributed by atoms with van der Waals surface area (Å²) in [5, 5.41) is 12.3. The summed E-state index contributed by atoms with van der Waals surface area (Å²) in [4.78, 5) is 0. The van der Waals surface area contributed by atoms with Crippen LogP contribution in [-0.2, 0) is 0 Å². The van der Waals surface area contributed by atoms with Gasteiger partial charge in [0.05, 0.1) is 12.5 Å². The molecule has 0 aliphatic heterocycles. The van der Waals surface area contributed by atoms with Gasteiger partial charge >= 0.3 is 0 Å². The third kappa shape index (κ3) is 4.49. The highest BCUT2D eigenvalue weighted by Crippen LogP contribution is 2.20. The zero-order chi connectivity index (χ0) is 12.7. The second kappa shape index (κ2) is 7.47. The van der Waals surface area contributed by atoms with E-state index in [-0.39, 0.29) is 6.04 Å². The molecule has 3 heteroatoms. The number of nitriles is 1. The lowest BCUT2D eigenvalue weighted by molar-refractivity contribution is 0.420. The Morgan fingerprint density at radius 2 is 1.88 bits per heavy atom. The fourth-order valence-corrected chi connectivity index (χ4v) is 2.13. The number of benzene rings is 1. The van der Waals surface area contributed by atoms with Gasteiger partial charge in [0, 0.05) is 16.6 Å². The van der Waals surface area contributed by atoms with Crippen LogP contribution < -0.4 is 5.32 Å². The topological polar surface area (TPSA) is 35.8 Å². The van der Waals surface area contributed by atoms with Crippen molar-refractivity contribution < 1.29 is 0 Å². The highest BCUT2D eigenvalue weighted by Gasteiger charge is 2.13. The van der Waals surface area contributed by atoms with Crippen LogP contribution in [0.1, 0.15) is 44.7 Å². The molecule has 1 rings (SSSR count). The maximum Gasteiger partial charge on any atom is 0.0638 e. The first kappa shape index (κ1) is 14.2. The molecule has 0 fully saturated rings. The summed E-state index contributed by atoms with van der Waals surface area (Å²) in [6.45, 7) is 4.28. The average Bonchev–Trinajstić information content (AvgIpc) is 2.36. The van der Waals surface area contributed by atoms with E-state index in [2.05, 4.69) is 65.4 Å². The molecule has 0 heterocycles. The SMILES string of the molecule is CCC(CC#N)NC(CC)c1ccc(Br)cc1. The molecule has 0 bridgehead atoms. The van der Waals surface area contributed by atoms with Crippen molar-refractivity contribution in [2.75, 3.05) is 0 Å². The lowest BCUT2D eigenvalue weighted by Gasteiger charge is -2.23. The molecule has 1 N–H and O–H groups in total. The molecular formula is C14H19BrN2. The normalized spacial score (nSPS) is 14.0. The molecule has 2 atom stereocenters. The maximum absolute atomic E-state index is 8.76. The number of nitrogens with one attached hydrogen (secondary N) is 1. The molecule has 17 heavy (non-hydrogen) atoms. The van der Waals surface area contributed by atoms with Gasteiger partial charge < -0.3 is 5.32 Å². The van der Waals surface area contributed by atoms with Crippen molar-refractivity contribution in [2.24, 2.45) is 0 Å². The van der Waals surface area contributed by atoms with E-state index in [1.807, 2.05) is 0 Å².